The van der Waals surface area contributed by atoms with Gasteiger partial charge in [-0.3, -0.25) is 4.79 Å². The van der Waals surface area contributed by atoms with E-state index < -0.39 is 18.0 Å². The number of aliphatic hydroxyl groups is 1. The van der Waals surface area contributed by atoms with E-state index in [1.54, 1.807) is 6.92 Å². The second-order valence-electron chi connectivity index (χ2n) is 9.67. The molecule has 0 fully saturated rings. The Bertz CT molecular complexity index is 369. The van der Waals surface area contributed by atoms with Crippen LogP contribution in [0.2, 0.25) is 0 Å². The predicted molar refractivity (Wildman–Crippen MR) is 125 cm³/mol. The Morgan fingerprint density at radius 2 is 1.07 bits per heavy atom. The number of aliphatic hydroxyl groups excluding tert-OH is 1. The monoisotopic (exact) mass is 412 g/mol. The lowest BCUT2D eigenvalue weighted by Gasteiger charge is -2.24. The van der Waals surface area contributed by atoms with E-state index >= 15 is 0 Å². The highest BCUT2D eigenvalue weighted by molar-refractivity contribution is 5.70. The molecule has 2 N–H and O–H groups in total. The zero-order chi connectivity index (χ0) is 21.9. The average molecular weight is 413 g/mol. The van der Waals surface area contributed by atoms with Crippen LogP contribution in [0.1, 0.15) is 137 Å². The molecule has 0 spiro atoms. The van der Waals surface area contributed by atoms with Crippen LogP contribution in [0.25, 0.3) is 0 Å². The lowest BCUT2D eigenvalue weighted by atomic mass is 9.85. The third-order valence-electron chi connectivity index (χ3n) is 6.56. The summed E-state index contributed by atoms with van der Waals surface area (Å²) >= 11 is 0. The van der Waals surface area contributed by atoms with E-state index in [2.05, 4.69) is 13.8 Å². The standard InChI is InChI=1S/C26H52O3/c1-5-6-7-8-9-10-11-12-13-14-15-16-17-18-19-20-22(2)21-23(3)25(27)24(4)26(28)29/h22-25,27H,5-21H2,1-4H3,(H,28,29)/t22-,23-,24-,25-/m0/s1. The van der Waals surface area contributed by atoms with Gasteiger partial charge in [0.05, 0.1) is 12.0 Å². The van der Waals surface area contributed by atoms with Gasteiger partial charge in [0.15, 0.2) is 0 Å². The van der Waals surface area contributed by atoms with E-state index in [0.29, 0.717) is 5.92 Å². The van der Waals surface area contributed by atoms with Gasteiger partial charge in [0.25, 0.3) is 0 Å². The van der Waals surface area contributed by atoms with E-state index in [1.807, 2.05) is 6.92 Å². The molecule has 0 saturated carbocycles. The SMILES string of the molecule is CCCCCCCCCCCCCCCCC[C@H](C)C[C@H](C)[C@H](O)[C@H](C)C(=O)O. The minimum atomic E-state index is -0.903. The molecule has 0 heterocycles. The van der Waals surface area contributed by atoms with E-state index in [0.717, 1.165) is 6.42 Å². The van der Waals surface area contributed by atoms with Crippen LogP contribution in [-0.2, 0) is 4.79 Å². The molecule has 0 amide bonds. The van der Waals surface area contributed by atoms with Crippen LogP contribution in [0.15, 0.2) is 0 Å². The van der Waals surface area contributed by atoms with Crippen LogP contribution in [-0.4, -0.2) is 22.3 Å². The summed E-state index contributed by atoms with van der Waals surface area (Å²) < 4.78 is 0. The maximum absolute atomic E-state index is 11.0. The highest BCUT2D eigenvalue weighted by Crippen LogP contribution is 2.24. The third kappa shape index (κ3) is 16.9. The molecule has 0 saturated heterocycles. The number of carbonyl (C=O) groups is 1. The minimum Gasteiger partial charge on any atom is -0.481 e. The van der Waals surface area contributed by atoms with Gasteiger partial charge in [-0.25, -0.2) is 0 Å². The number of carboxylic acids is 1. The van der Waals surface area contributed by atoms with Crippen molar-refractivity contribution in [1.29, 1.82) is 0 Å². The summed E-state index contributed by atoms with van der Waals surface area (Å²) in [5, 5.41) is 19.2. The topological polar surface area (TPSA) is 57.5 Å². The molecule has 0 aromatic heterocycles. The highest BCUT2D eigenvalue weighted by atomic mass is 16.4. The molecule has 0 aromatic carbocycles. The molecule has 29 heavy (non-hydrogen) atoms. The summed E-state index contributed by atoms with van der Waals surface area (Å²) in [6.45, 7) is 8.09. The van der Waals surface area contributed by atoms with Crippen molar-refractivity contribution >= 4 is 5.97 Å². The molecule has 3 nitrogen and oxygen atoms in total. The third-order valence-corrected chi connectivity index (χ3v) is 6.56. The maximum Gasteiger partial charge on any atom is 0.308 e. The molecule has 0 unspecified atom stereocenters. The first kappa shape index (κ1) is 28.4. The predicted octanol–water partition coefficient (Wildman–Crippen LogP) is 7.99. The van der Waals surface area contributed by atoms with E-state index in [1.165, 1.54) is 103 Å². The van der Waals surface area contributed by atoms with Gasteiger partial charge in [0, 0.05) is 0 Å². The second-order valence-corrected chi connectivity index (χ2v) is 9.67. The molecule has 4 atom stereocenters. The largest absolute Gasteiger partial charge is 0.481 e. The summed E-state index contributed by atoms with van der Waals surface area (Å²) in [5.41, 5.74) is 0. The number of carboxylic acid groups (broad SMARTS) is 1. The zero-order valence-corrected chi connectivity index (χ0v) is 20.1. The van der Waals surface area contributed by atoms with Gasteiger partial charge in [0.1, 0.15) is 0 Å². The molecular formula is C26H52O3. The van der Waals surface area contributed by atoms with Crippen LogP contribution in [0.5, 0.6) is 0 Å². The number of rotatable bonds is 21. The maximum atomic E-state index is 11.0. The first-order valence-corrected chi connectivity index (χ1v) is 12.8. The van der Waals surface area contributed by atoms with Crippen molar-refractivity contribution < 1.29 is 15.0 Å². The second kappa shape index (κ2) is 19.4. The molecule has 0 aliphatic rings. The Hall–Kier alpha value is -0.570. The molecule has 0 aliphatic heterocycles. The summed E-state index contributed by atoms with van der Waals surface area (Å²) in [6.07, 6.45) is 22.2. The Morgan fingerprint density at radius 1 is 0.690 bits per heavy atom. The molecule has 3 heteroatoms. The van der Waals surface area contributed by atoms with Crippen molar-refractivity contribution in [2.75, 3.05) is 0 Å². The van der Waals surface area contributed by atoms with Crippen LogP contribution in [0.4, 0.5) is 0 Å². The van der Waals surface area contributed by atoms with Crippen molar-refractivity contribution in [2.45, 2.75) is 143 Å². The Morgan fingerprint density at radius 3 is 1.45 bits per heavy atom. The quantitative estimate of drug-likeness (QED) is 0.188. The van der Waals surface area contributed by atoms with Crippen LogP contribution >= 0.6 is 0 Å². The Balaban J connectivity index is 3.42. The van der Waals surface area contributed by atoms with Crippen molar-refractivity contribution in [1.82, 2.24) is 0 Å². The highest BCUT2D eigenvalue weighted by Gasteiger charge is 2.27. The van der Waals surface area contributed by atoms with E-state index in [-0.39, 0.29) is 5.92 Å². The number of unbranched alkanes of at least 4 members (excludes halogenated alkanes) is 14. The lowest BCUT2D eigenvalue weighted by Crippen LogP contribution is -2.32. The van der Waals surface area contributed by atoms with E-state index in [9.17, 15) is 9.90 Å². The fourth-order valence-electron chi connectivity index (χ4n) is 4.39. The van der Waals surface area contributed by atoms with Crippen molar-refractivity contribution in [3.05, 3.63) is 0 Å². The molecule has 0 radical (unpaired) electrons. The zero-order valence-electron chi connectivity index (χ0n) is 20.1. The molecule has 0 aliphatic carbocycles. The van der Waals surface area contributed by atoms with Gasteiger partial charge in [-0.2, -0.15) is 0 Å². The van der Waals surface area contributed by atoms with Crippen molar-refractivity contribution in [3.63, 3.8) is 0 Å². The van der Waals surface area contributed by atoms with Gasteiger partial charge in [-0.15, -0.1) is 0 Å². The smallest absolute Gasteiger partial charge is 0.308 e. The Kier molecular flexibility index (Phi) is 19.0. The first-order valence-electron chi connectivity index (χ1n) is 12.8. The van der Waals surface area contributed by atoms with Crippen LogP contribution in [0.3, 0.4) is 0 Å². The summed E-state index contributed by atoms with van der Waals surface area (Å²) in [7, 11) is 0. The Labute approximate surface area is 182 Å². The number of aliphatic carboxylic acids is 1. The van der Waals surface area contributed by atoms with Gasteiger partial charge >= 0.3 is 5.97 Å². The molecule has 0 aromatic rings. The van der Waals surface area contributed by atoms with Gasteiger partial charge in [-0.1, -0.05) is 124 Å². The molecule has 0 rings (SSSR count). The minimum absolute atomic E-state index is 0.0486. The van der Waals surface area contributed by atoms with Crippen LogP contribution < -0.4 is 0 Å². The molecule has 174 valence electrons. The summed E-state index contributed by atoms with van der Waals surface area (Å²) in [4.78, 5) is 11.0. The van der Waals surface area contributed by atoms with Gasteiger partial charge < -0.3 is 10.2 Å². The average Bonchev–Trinajstić information content (AvgIpc) is 2.69. The molecular weight excluding hydrogens is 360 g/mol. The normalized spacial score (nSPS) is 15.8. The first-order chi connectivity index (χ1) is 13.9. The van der Waals surface area contributed by atoms with Crippen LogP contribution in [0, 0.1) is 17.8 Å². The fraction of sp³-hybridized carbons (Fsp3) is 0.962. The number of hydrogen-bond acceptors (Lipinski definition) is 2. The molecule has 0 bridgehead atoms. The fourth-order valence-corrected chi connectivity index (χ4v) is 4.39. The lowest BCUT2D eigenvalue weighted by molar-refractivity contribution is -0.146. The number of hydrogen-bond donors (Lipinski definition) is 2. The van der Waals surface area contributed by atoms with Gasteiger partial charge in [0.2, 0.25) is 0 Å². The van der Waals surface area contributed by atoms with Gasteiger partial charge in [-0.05, 0) is 25.2 Å². The van der Waals surface area contributed by atoms with E-state index in [4.69, 9.17) is 5.11 Å². The van der Waals surface area contributed by atoms with Crippen molar-refractivity contribution in [2.24, 2.45) is 17.8 Å². The van der Waals surface area contributed by atoms with Crippen molar-refractivity contribution in [3.8, 4) is 0 Å². The summed E-state index contributed by atoms with van der Waals surface area (Å²) in [5.74, 6) is -0.975. The summed E-state index contributed by atoms with van der Waals surface area (Å²) in [6, 6.07) is 0.